The molecular weight excluding hydrogens is 268 g/mol. The van der Waals surface area contributed by atoms with Crippen molar-refractivity contribution >= 4 is 17.0 Å². The summed E-state index contributed by atoms with van der Waals surface area (Å²) in [5.41, 5.74) is 7.30. The number of hydrogen-bond donors (Lipinski definition) is 2. The Labute approximate surface area is 123 Å². The summed E-state index contributed by atoms with van der Waals surface area (Å²) in [7, 11) is 1.65. The Balaban J connectivity index is 2.02. The van der Waals surface area contributed by atoms with E-state index in [0.29, 0.717) is 17.6 Å². The number of nitrogens with one attached hydrogen (secondary N) is 1. The highest BCUT2D eigenvalue weighted by atomic mass is 16.1. The van der Waals surface area contributed by atoms with Crippen LogP contribution in [0.3, 0.4) is 0 Å². The molecule has 2 aromatic rings. The van der Waals surface area contributed by atoms with E-state index in [0.717, 1.165) is 18.8 Å². The summed E-state index contributed by atoms with van der Waals surface area (Å²) in [6.07, 6.45) is 6.08. The quantitative estimate of drug-likeness (QED) is 0.874. The molecule has 114 valence electrons. The van der Waals surface area contributed by atoms with Crippen LogP contribution in [-0.4, -0.2) is 31.4 Å². The van der Waals surface area contributed by atoms with Crippen molar-refractivity contribution in [2.24, 2.45) is 12.8 Å². The van der Waals surface area contributed by atoms with Crippen LogP contribution in [0.25, 0.3) is 11.0 Å². The van der Waals surface area contributed by atoms with Gasteiger partial charge in [0.15, 0.2) is 0 Å². The molecule has 1 aliphatic carbocycles. The number of fused-ring (bicyclic) bond motifs is 1. The molecule has 2 aromatic heterocycles. The molecular formula is C14H22N6O. The lowest BCUT2D eigenvalue weighted by Gasteiger charge is -2.29. The van der Waals surface area contributed by atoms with E-state index in [1.807, 2.05) is 11.5 Å². The molecule has 3 rings (SSSR count). The maximum atomic E-state index is 12.3. The molecule has 0 amide bonds. The maximum Gasteiger partial charge on any atom is 0.292 e. The third-order valence-corrected chi connectivity index (χ3v) is 4.29. The molecule has 0 bridgehead atoms. The molecule has 1 aliphatic rings. The number of imidazole rings is 1. The van der Waals surface area contributed by atoms with Gasteiger partial charge in [-0.1, -0.05) is 12.8 Å². The monoisotopic (exact) mass is 290 g/mol. The van der Waals surface area contributed by atoms with Crippen molar-refractivity contribution in [2.75, 3.05) is 5.32 Å². The second kappa shape index (κ2) is 5.48. The number of aryl methyl sites for hydroxylation is 2. The molecule has 0 saturated heterocycles. The average Bonchev–Trinajstić information content (AvgIpc) is 2.83. The first-order valence-electron chi connectivity index (χ1n) is 7.56. The van der Waals surface area contributed by atoms with Crippen molar-refractivity contribution in [1.29, 1.82) is 0 Å². The molecule has 1 fully saturated rings. The predicted molar refractivity (Wildman–Crippen MR) is 82.3 cm³/mol. The number of aromatic nitrogens is 4. The van der Waals surface area contributed by atoms with E-state index in [4.69, 9.17) is 5.73 Å². The minimum atomic E-state index is -0.122. The molecule has 2 atom stereocenters. The lowest BCUT2D eigenvalue weighted by atomic mass is 9.91. The van der Waals surface area contributed by atoms with Gasteiger partial charge in [-0.25, -0.2) is 9.67 Å². The predicted octanol–water partition coefficient (Wildman–Crippen LogP) is 0.832. The number of nitrogens with two attached hydrogens (primary N) is 1. The van der Waals surface area contributed by atoms with Crippen molar-refractivity contribution in [3.8, 4) is 0 Å². The van der Waals surface area contributed by atoms with Gasteiger partial charge in [-0.05, 0) is 19.8 Å². The molecule has 0 aromatic carbocycles. The van der Waals surface area contributed by atoms with E-state index in [-0.39, 0.29) is 17.6 Å². The van der Waals surface area contributed by atoms with Crippen molar-refractivity contribution in [1.82, 2.24) is 19.3 Å². The second-order valence-electron chi connectivity index (χ2n) is 5.69. The summed E-state index contributed by atoms with van der Waals surface area (Å²) in [5.74, 6) is 0.722. The van der Waals surface area contributed by atoms with Gasteiger partial charge in [0.25, 0.3) is 5.56 Å². The fourth-order valence-electron chi connectivity index (χ4n) is 3.06. The molecule has 7 heteroatoms. The van der Waals surface area contributed by atoms with E-state index in [1.165, 1.54) is 17.5 Å². The first-order chi connectivity index (χ1) is 10.1. The van der Waals surface area contributed by atoms with Gasteiger partial charge in [-0.15, -0.1) is 0 Å². The van der Waals surface area contributed by atoms with Gasteiger partial charge in [0, 0.05) is 25.7 Å². The van der Waals surface area contributed by atoms with E-state index < -0.39 is 0 Å². The van der Waals surface area contributed by atoms with Gasteiger partial charge in [0.05, 0.1) is 6.20 Å². The van der Waals surface area contributed by atoms with Gasteiger partial charge in [0.2, 0.25) is 5.95 Å². The summed E-state index contributed by atoms with van der Waals surface area (Å²) in [4.78, 5) is 16.8. The SMILES string of the molecule is CCn1c(N[C@@H]2CCCC[C@H]2N)nc2cnn(C)c(=O)c21. The number of nitrogens with zero attached hydrogens (tertiary/aromatic N) is 4. The van der Waals surface area contributed by atoms with E-state index in [1.54, 1.807) is 13.2 Å². The highest BCUT2D eigenvalue weighted by Gasteiger charge is 2.24. The summed E-state index contributed by atoms with van der Waals surface area (Å²) in [5, 5.41) is 7.47. The molecule has 3 N–H and O–H groups in total. The Morgan fingerprint density at radius 3 is 2.90 bits per heavy atom. The number of anilines is 1. The molecule has 2 heterocycles. The first kappa shape index (κ1) is 14.1. The summed E-state index contributed by atoms with van der Waals surface area (Å²) >= 11 is 0. The molecule has 0 spiro atoms. The molecule has 7 nitrogen and oxygen atoms in total. The summed E-state index contributed by atoms with van der Waals surface area (Å²) in [6.45, 7) is 2.69. The van der Waals surface area contributed by atoms with Gasteiger partial charge in [-0.3, -0.25) is 4.79 Å². The smallest absolute Gasteiger partial charge is 0.292 e. The van der Waals surface area contributed by atoms with Crippen LogP contribution in [0.4, 0.5) is 5.95 Å². The minimum Gasteiger partial charge on any atom is -0.351 e. The second-order valence-corrected chi connectivity index (χ2v) is 5.69. The van der Waals surface area contributed by atoms with Crippen LogP contribution in [0.15, 0.2) is 11.0 Å². The maximum absolute atomic E-state index is 12.3. The molecule has 0 unspecified atom stereocenters. The average molecular weight is 290 g/mol. The Hall–Kier alpha value is -1.89. The fraction of sp³-hybridized carbons (Fsp3) is 0.643. The Bertz CT molecular complexity index is 703. The zero-order chi connectivity index (χ0) is 15.0. The zero-order valence-corrected chi connectivity index (χ0v) is 12.5. The Morgan fingerprint density at radius 2 is 2.19 bits per heavy atom. The van der Waals surface area contributed by atoms with Crippen molar-refractivity contribution in [3.05, 3.63) is 16.6 Å². The normalized spacial score (nSPS) is 22.6. The van der Waals surface area contributed by atoms with Gasteiger partial charge in [-0.2, -0.15) is 5.10 Å². The fourth-order valence-corrected chi connectivity index (χ4v) is 3.06. The van der Waals surface area contributed by atoms with Crippen LogP contribution < -0.4 is 16.6 Å². The summed E-state index contributed by atoms with van der Waals surface area (Å²) < 4.78 is 3.26. The van der Waals surface area contributed by atoms with Gasteiger partial charge >= 0.3 is 0 Å². The van der Waals surface area contributed by atoms with E-state index in [9.17, 15) is 4.79 Å². The van der Waals surface area contributed by atoms with Crippen LogP contribution in [-0.2, 0) is 13.6 Å². The highest BCUT2D eigenvalue weighted by molar-refractivity contribution is 5.76. The lowest BCUT2D eigenvalue weighted by molar-refractivity contribution is 0.401. The van der Waals surface area contributed by atoms with Crippen LogP contribution in [0.2, 0.25) is 0 Å². The van der Waals surface area contributed by atoms with Crippen LogP contribution in [0.1, 0.15) is 32.6 Å². The van der Waals surface area contributed by atoms with Crippen molar-refractivity contribution in [2.45, 2.75) is 51.2 Å². The third kappa shape index (κ3) is 2.42. The van der Waals surface area contributed by atoms with Crippen LogP contribution in [0, 0.1) is 0 Å². The minimum absolute atomic E-state index is 0.122. The topological polar surface area (TPSA) is 90.8 Å². The lowest BCUT2D eigenvalue weighted by Crippen LogP contribution is -2.43. The molecule has 21 heavy (non-hydrogen) atoms. The van der Waals surface area contributed by atoms with E-state index in [2.05, 4.69) is 15.4 Å². The van der Waals surface area contributed by atoms with Crippen LogP contribution in [0.5, 0.6) is 0 Å². The van der Waals surface area contributed by atoms with Crippen molar-refractivity contribution in [3.63, 3.8) is 0 Å². The number of rotatable bonds is 3. The number of hydrogen-bond acceptors (Lipinski definition) is 5. The largest absolute Gasteiger partial charge is 0.351 e. The first-order valence-corrected chi connectivity index (χ1v) is 7.56. The zero-order valence-electron chi connectivity index (χ0n) is 12.5. The Morgan fingerprint density at radius 1 is 1.43 bits per heavy atom. The van der Waals surface area contributed by atoms with Crippen molar-refractivity contribution < 1.29 is 0 Å². The molecule has 0 aliphatic heterocycles. The third-order valence-electron chi connectivity index (χ3n) is 4.29. The van der Waals surface area contributed by atoms with Crippen LogP contribution >= 0.6 is 0 Å². The van der Waals surface area contributed by atoms with Gasteiger partial charge in [0.1, 0.15) is 11.0 Å². The molecule has 1 saturated carbocycles. The highest BCUT2D eigenvalue weighted by Crippen LogP contribution is 2.22. The Kier molecular flexibility index (Phi) is 3.67. The standard InChI is InChI=1S/C14H22N6O/c1-3-20-12-11(8-16-19(2)13(12)21)18-14(20)17-10-7-5-4-6-9(10)15/h8-10H,3-7,15H2,1-2H3,(H,17,18)/t9-,10-/m1/s1. The van der Waals surface area contributed by atoms with Gasteiger partial charge < -0.3 is 15.6 Å². The molecule has 0 radical (unpaired) electrons. The summed E-state index contributed by atoms with van der Waals surface area (Å²) in [6, 6.07) is 0.363. The van der Waals surface area contributed by atoms with E-state index >= 15 is 0 Å².